The Morgan fingerprint density at radius 3 is 1.92 bits per heavy atom. The van der Waals surface area contributed by atoms with Crippen molar-refractivity contribution in [3.8, 4) is 5.75 Å². The maximum absolute atomic E-state index is 14.4. The number of methoxy groups -OCH3 is 1. The number of ketones is 2. The Bertz CT molecular complexity index is 1470. The molecular weight excluding hydrogens is 448 g/mol. The third-order valence-electron chi connectivity index (χ3n) is 7.14. The smallest absolute Gasteiger partial charge is 0.201 e. The molecule has 176 valence electrons. The van der Waals surface area contributed by atoms with Gasteiger partial charge in [0.05, 0.1) is 24.4 Å². The molecule has 0 saturated carbocycles. The van der Waals surface area contributed by atoms with Crippen molar-refractivity contribution >= 4 is 23.0 Å². The summed E-state index contributed by atoms with van der Waals surface area (Å²) in [6, 6.07) is 32.2. The highest BCUT2D eigenvalue weighted by Gasteiger charge is 2.66. The minimum atomic E-state index is -1.57. The number of rotatable bonds is 4. The van der Waals surface area contributed by atoms with Crippen molar-refractivity contribution < 1.29 is 14.3 Å². The lowest BCUT2D eigenvalue weighted by Crippen LogP contribution is -2.57. The van der Waals surface area contributed by atoms with E-state index in [4.69, 9.17) is 9.84 Å². The van der Waals surface area contributed by atoms with E-state index in [1.807, 2.05) is 85.8 Å². The fourth-order valence-corrected chi connectivity index (χ4v) is 5.39. The fraction of sp³-hybridized carbons (Fsp3) is 0.129. The van der Waals surface area contributed by atoms with E-state index >= 15 is 0 Å². The average Bonchev–Trinajstić information content (AvgIpc) is 3.40. The van der Waals surface area contributed by atoms with E-state index in [1.165, 1.54) is 0 Å². The summed E-state index contributed by atoms with van der Waals surface area (Å²) in [5.41, 5.74) is 3.43. The van der Waals surface area contributed by atoms with Crippen LogP contribution in [-0.2, 0) is 0 Å². The SMILES string of the molecule is COc1ccc(C2C(c3ccccc3)=NN(c3ccc(C)cc3)C23C(=O)c2ccccc2C3=O)cc1. The molecule has 5 nitrogen and oxygen atoms in total. The summed E-state index contributed by atoms with van der Waals surface area (Å²) in [6.45, 7) is 2.00. The van der Waals surface area contributed by atoms with E-state index in [0.717, 1.165) is 16.7 Å². The van der Waals surface area contributed by atoms with Gasteiger partial charge in [0.1, 0.15) is 5.75 Å². The zero-order chi connectivity index (χ0) is 24.9. The van der Waals surface area contributed by atoms with Gasteiger partial charge < -0.3 is 4.74 Å². The standard InChI is InChI=1S/C31H24N2O3/c1-20-12-16-23(17-13-20)33-31(29(34)25-10-6-7-11-26(25)30(31)35)27(21-14-18-24(36-2)19-15-21)28(32-33)22-8-4-3-5-9-22/h3-19,27H,1-2H3. The number of ether oxygens (including phenoxy) is 1. The lowest BCUT2D eigenvalue weighted by molar-refractivity contribution is 0.0791. The Labute approximate surface area is 209 Å². The van der Waals surface area contributed by atoms with Gasteiger partial charge in [0.2, 0.25) is 5.54 Å². The molecule has 1 aliphatic heterocycles. The van der Waals surface area contributed by atoms with Gasteiger partial charge in [-0.3, -0.25) is 9.59 Å². The van der Waals surface area contributed by atoms with Gasteiger partial charge in [-0.2, -0.15) is 5.10 Å². The second-order valence-corrected chi connectivity index (χ2v) is 9.18. The molecular formula is C31H24N2O3. The largest absolute Gasteiger partial charge is 0.497 e. The average molecular weight is 473 g/mol. The molecule has 1 aliphatic carbocycles. The lowest BCUT2D eigenvalue weighted by Gasteiger charge is -2.36. The van der Waals surface area contributed by atoms with Crippen LogP contribution in [0.5, 0.6) is 5.75 Å². The highest BCUT2D eigenvalue weighted by molar-refractivity contribution is 6.38. The number of hydrogen-bond donors (Lipinski definition) is 0. The number of nitrogens with zero attached hydrogens (tertiary/aromatic N) is 2. The minimum Gasteiger partial charge on any atom is -0.497 e. The Morgan fingerprint density at radius 2 is 1.33 bits per heavy atom. The van der Waals surface area contributed by atoms with E-state index < -0.39 is 11.5 Å². The van der Waals surface area contributed by atoms with Crippen molar-refractivity contribution in [1.29, 1.82) is 0 Å². The van der Waals surface area contributed by atoms with Gasteiger partial charge in [0.25, 0.3) is 0 Å². The van der Waals surface area contributed by atoms with E-state index in [0.29, 0.717) is 28.3 Å². The molecule has 4 aromatic carbocycles. The van der Waals surface area contributed by atoms with E-state index in [-0.39, 0.29) is 11.6 Å². The molecule has 0 aromatic heterocycles. The summed E-state index contributed by atoms with van der Waals surface area (Å²) in [5.74, 6) is -0.399. The van der Waals surface area contributed by atoms with Crippen LogP contribution >= 0.6 is 0 Å². The lowest BCUT2D eigenvalue weighted by atomic mass is 9.72. The summed E-state index contributed by atoms with van der Waals surface area (Å²) in [7, 11) is 1.61. The molecule has 0 bridgehead atoms. The number of hydrogen-bond acceptors (Lipinski definition) is 5. The normalized spacial score (nSPS) is 17.9. The number of anilines is 1. The molecule has 6 rings (SSSR count). The number of carbonyl (C=O) groups is 2. The molecule has 1 heterocycles. The molecule has 5 heteroatoms. The van der Waals surface area contributed by atoms with Crippen molar-refractivity contribution in [3.05, 3.63) is 131 Å². The van der Waals surface area contributed by atoms with Crippen molar-refractivity contribution in [2.24, 2.45) is 5.10 Å². The summed E-state index contributed by atoms with van der Waals surface area (Å²) in [6.07, 6.45) is 0. The first-order valence-electron chi connectivity index (χ1n) is 11.9. The van der Waals surface area contributed by atoms with Crippen LogP contribution in [0.2, 0.25) is 0 Å². The maximum Gasteiger partial charge on any atom is 0.201 e. The number of carbonyl (C=O) groups excluding carboxylic acids is 2. The molecule has 2 aliphatic rings. The Morgan fingerprint density at radius 1 is 0.750 bits per heavy atom. The Balaban J connectivity index is 1.66. The number of hydrazone groups is 1. The van der Waals surface area contributed by atoms with Gasteiger partial charge in [-0.05, 0) is 42.3 Å². The molecule has 0 N–H and O–H groups in total. The molecule has 1 unspecified atom stereocenters. The van der Waals surface area contributed by atoms with E-state index in [9.17, 15) is 9.59 Å². The monoisotopic (exact) mass is 472 g/mol. The van der Waals surface area contributed by atoms with Crippen molar-refractivity contribution in [2.45, 2.75) is 18.4 Å². The van der Waals surface area contributed by atoms with E-state index in [1.54, 1.807) is 36.4 Å². The zero-order valence-electron chi connectivity index (χ0n) is 20.0. The maximum atomic E-state index is 14.4. The first-order chi connectivity index (χ1) is 17.6. The number of benzene rings is 4. The van der Waals surface area contributed by atoms with Crippen LogP contribution in [0.1, 0.15) is 43.3 Å². The highest BCUT2D eigenvalue weighted by atomic mass is 16.5. The molecule has 0 saturated heterocycles. The van der Waals surface area contributed by atoms with Gasteiger partial charge >= 0.3 is 0 Å². The number of fused-ring (bicyclic) bond motifs is 1. The quantitative estimate of drug-likeness (QED) is 0.351. The van der Waals surface area contributed by atoms with Gasteiger partial charge in [0, 0.05) is 11.1 Å². The molecule has 0 radical (unpaired) electrons. The second kappa shape index (κ2) is 8.31. The second-order valence-electron chi connectivity index (χ2n) is 9.18. The number of aryl methyl sites for hydroxylation is 1. The van der Waals surface area contributed by atoms with Gasteiger partial charge in [-0.25, -0.2) is 5.01 Å². The number of Topliss-reactive ketones (excluding diaryl/α,β-unsaturated/α-hetero) is 2. The molecule has 0 fully saturated rings. The van der Waals surface area contributed by atoms with Crippen LogP contribution < -0.4 is 9.75 Å². The van der Waals surface area contributed by atoms with Crippen LogP contribution in [0.4, 0.5) is 5.69 Å². The highest BCUT2D eigenvalue weighted by Crippen LogP contribution is 2.51. The Hall–Kier alpha value is -4.51. The predicted molar refractivity (Wildman–Crippen MR) is 140 cm³/mol. The third kappa shape index (κ3) is 3.06. The zero-order valence-corrected chi connectivity index (χ0v) is 20.0. The molecule has 36 heavy (non-hydrogen) atoms. The Kier molecular flexibility index (Phi) is 5.07. The van der Waals surface area contributed by atoms with Crippen LogP contribution in [0, 0.1) is 6.92 Å². The first kappa shape index (κ1) is 22.0. The van der Waals surface area contributed by atoms with Crippen molar-refractivity contribution in [3.63, 3.8) is 0 Å². The molecule has 4 aromatic rings. The van der Waals surface area contributed by atoms with Gasteiger partial charge in [-0.15, -0.1) is 0 Å². The first-order valence-corrected chi connectivity index (χ1v) is 11.9. The summed E-state index contributed by atoms with van der Waals surface area (Å²) in [4.78, 5) is 28.8. The minimum absolute atomic E-state index is 0.237. The van der Waals surface area contributed by atoms with Crippen LogP contribution in [-0.4, -0.2) is 29.9 Å². The third-order valence-corrected chi connectivity index (χ3v) is 7.14. The summed E-state index contributed by atoms with van der Waals surface area (Å²) in [5, 5.41) is 6.72. The molecule has 0 amide bonds. The van der Waals surface area contributed by atoms with Crippen LogP contribution in [0.25, 0.3) is 0 Å². The van der Waals surface area contributed by atoms with Gasteiger partial charge in [0.15, 0.2) is 11.6 Å². The predicted octanol–water partition coefficient (Wildman–Crippen LogP) is 5.83. The van der Waals surface area contributed by atoms with Gasteiger partial charge in [-0.1, -0.05) is 84.4 Å². The topological polar surface area (TPSA) is 59.0 Å². The fourth-order valence-electron chi connectivity index (χ4n) is 5.39. The van der Waals surface area contributed by atoms with E-state index in [2.05, 4.69) is 0 Å². The van der Waals surface area contributed by atoms with Crippen molar-refractivity contribution in [2.75, 3.05) is 12.1 Å². The summed E-state index contributed by atoms with van der Waals surface area (Å²) >= 11 is 0. The van der Waals surface area contributed by atoms with Crippen LogP contribution in [0.15, 0.2) is 108 Å². The molecule has 1 spiro atoms. The van der Waals surface area contributed by atoms with Crippen LogP contribution in [0.3, 0.4) is 0 Å². The molecule has 1 atom stereocenters. The summed E-state index contributed by atoms with van der Waals surface area (Å²) < 4.78 is 5.38. The van der Waals surface area contributed by atoms with Crippen molar-refractivity contribution in [1.82, 2.24) is 0 Å².